The van der Waals surface area contributed by atoms with E-state index in [1.807, 2.05) is 14.0 Å². The first kappa shape index (κ1) is 13.5. The maximum atomic E-state index is 11.0. The lowest BCUT2D eigenvalue weighted by atomic mass is 10.1. The van der Waals surface area contributed by atoms with E-state index in [0.717, 1.165) is 24.4 Å². The van der Waals surface area contributed by atoms with Gasteiger partial charge in [0.1, 0.15) is 5.82 Å². The van der Waals surface area contributed by atoms with Gasteiger partial charge in [-0.05, 0) is 31.9 Å². The van der Waals surface area contributed by atoms with E-state index in [2.05, 4.69) is 23.7 Å². The average molecular weight is 236 g/mol. The molecule has 0 atom stereocenters. The third-order valence-corrected chi connectivity index (χ3v) is 3.04. The number of pyridine rings is 1. The summed E-state index contributed by atoms with van der Waals surface area (Å²) in [5.74, 6) is -0.175. The first-order valence-corrected chi connectivity index (χ1v) is 5.94. The molecule has 4 nitrogen and oxygen atoms in total. The lowest BCUT2D eigenvalue weighted by molar-refractivity contribution is 0.0696. The molecule has 1 aromatic rings. The number of carbonyl (C=O) groups is 1. The van der Waals surface area contributed by atoms with Crippen LogP contribution >= 0.6 is 0 Å². The first-order valence-electron chi connectivity index (χ1n) is 5.94. The summed E-state index contributed by atoms with van der Waals surface area (Å²) in [6.07, 6.45) is 2.04. The van der Waals surface area contributed by atoms with E-state index in [4.69, 9.17) is 5.11 Å². The van der Waals surface area contributed by atoms with Crippen LogP contribution in [0, 0.1) is 6.92 Å². The summed E-state index contributed by atoms with van der Waals surface area (Å²) in [5.41, 5.74) is 1.03. The van der Waals surface area contributed by atoms with E-state index in [0.29, 0.717) is 11.6 Å². The number of anilines is 1. The maximum Gasteiger partial charge on any atom is 0.335 e. The van der Waals surface area contributed by atoms with Crippen molar-refractivity contribution in [2.45, 2.75) is 39.7 Å². The van der Waals surface area contributed by atoms with Crippen LogP contribution in [0.15, 0.2) is 12.1 Å². The van der Waals surface area contributed by atoms with Crippen molar-refractivity contribution in [1.82, 2.24) is 4.98 Å². The van der Waals surface area contributed by atoms with Crippen molar-refractivity contribution < 1.29 is 9.90 Å². The van der Waals surface area contributed by atoms with Gasteiger partial charge in [-0.25, -0.2) is 9.78 Å². The Kier molecular flexibility index (Phi) is 4.49. The summed E-state index contributed by atoms with van der Waals surface area (Å²) in [5, 5.41) is 9.02. The monoisotopic (exact) mass is 236 g/mol. The molecule has 1 rings (SSSR count). The topological polar surface area (TPSA) is 53.4 Å². The summed E-state index contributed by atoms with van der Waals surface area (Å²) in [7, 11) is 1.96. The lowest BCUT2D eigenvalue weighted by Crippen LogP contribution is -2.31. The van der Waals surface area contributed by atoms with Crippen molar-refractivity contribution >= 4 is 11.8 Å². The summed E-state index contributed by atoms with van der Waals surface area (Å²) < 4.78 is 0. The molecule has 1 heterocycles. The van der Waals surface area contributed by atoms with Gasteiger partial charge in [-0.1, -0.05) is 13.8 Å². The third-order valence-electron chi connectivity index (χ3n) is 3.04. The van der Waals surface area contributed by atoms with Gasteiger partial charge in [0.2, 0.25) is 0 Å². The van der Waals surface area contributed by atoms with Crippen LogP contribution in [-0.4, -0.2) is 29.1 Å². The maximum absolute atomic E-state index is 11.0. The molecule has 0 saturated carbocycles. The van der Waals surface area contributed by atoms with E-state index in [1.54, 1.807) is 12.1 Å². The highest BCUT2D eigenvalue weighted by atomic mass is 16.4. The molecule has 0 saturated heterocycles. The quantitative estimate of drug-likeness (QED) is 0.854. The molecule has 0 fully saturated rings. The van der Waals surface area contributed by atoms with Crippen molar-refractivity contribution in [1.29, 1.82) is 0 Å². The molecule has 0 aliphatic rings. The number of hydrogen-bond donors (Lipinski definition) is 1. The average Bonchev–Trinajstić information content (AvgIpc) is 2.29. The normalized spacial score (nSPS) is 10.6. The third kappa shape index (κ3) is 3.19. The summed E-state index contributed by atoms with van der Waals surface area (Å²) >= 11 is 0. The fourth-order valence-electron chi connectivity index (χ4n) is 1.98. The Labute approximate surface area is 102 Å². The van der Waals surface area contributed by atoms with Gasteiger partial charge >= 0.3 is 5.97 Å². The molecule has 0 aliphatic carbocycles. The summed E-state index contributed by atoms with van der Waals surface area (Å²) in [6.45, 7) is 6.06. The molecule has 1 N–H and O–H groups in total. The largest absolute Gasteiger partial charge is 0.478 e. The fourth-order valence-corrected chi connectivity index (χ4v) is 1.98. The second-order valence-corrected chi connectivity index (χ2v) is 4.24. The zero-order valence-electron chi connectivity index (χ0n) is 10.9. The molecule has 0 spiro atoms. The number of hydrogen-bond acceptors (Lipinski definition) is 3. The molecule has 1 aromatic heterocycles. The van der Waals surface area contributed by atoms with Gasteiger partial charge in [0.15, 0.2) is 0 Å². The molecule has 94 valence electrons. The van der Waals surface area contributed by atoms with Crippen LogP contribution in [0.3, 0.4) is 0 Å². The second-order valence-electron chi connectivity index (χ2n) is 4.24. The lowest BCUT2D eigenvalue weighted by Gasteiger charge is -2.27. The van der Waals surface area contributed by atoms with Gasteiger partial charge in [0, 0.05) is 18.8 Å². The Bertz CT molecular complexity index is 400. The van der Waals surface area contributed by atoms with Crippen LogP contribution in [0.25, 0.3) is 0 Å². The fraction of sp³-hybridized carbons (Fsp3) is 0.538. The van der Waals surface area contributed by atoms with Gasteiger partial charge in [-0.2, -0.15) is 0 Å². The second kappa shape index (κ2) is 5.66. The number of carboxylic acids is 1. The Morgan fingerprint density at radius 2 is 2.00 bits per heavy atom. The van der Waals surface area contributed by atoms with Crippen molar-refractivity contribution in [2.24, 2.45) is 0 Å². The molecule has 4 heteroatoms. The smallest absolute Gasteiger partial charge is 0.335 e. The molecule has 17 heavy (non-hydrogen) atoms. The molecule has 0 aliphatic heterocycles. The van der Waals surface area contributed by atoms with E-state index < -0.39 is 5.97 Å². The Morgan fingerprint density at radius 1 is 1.41 bits per heavy atom. The highest BCUT2D eigenvalue weighted by Crippen LogP contribution is 2.18. The van der Waals surface area contributed by atoms with Gasteiger partial charge < -0.3 is 10.0 Å². The standard InChI is InChI=1S/C13H20N2O2/c1-5-11(6-2)15(4)12-8-10(13(16)17)7-9(3)14-12/h7-8,11H,5-6H2,1-4H3,(H,16,17). The minimum Gasteiger partial charge on any atom is -0.478 e. The van der Waals surface area contributed by atoms with Crippen LogP contribution < -0.4 is 4.90 Å². The number of rotatable bonds is 5. The molecule has 0 aromatic carbocycles. The molecular formula is C13H20N2O2. The summed E-state index contributed by atoms with van der Waals surface area (Å²) in [4.78, 5) is 17.4. The number of carboxylic acid groups (broad SMARTS) is 1. The van der Waals surface area contributed by atoms with E-state index >= 15 is 0 Å². The predicted octanol–water partition coefficient (Wildman–Crippen LogP) is 2.71. The predicted molar refractivity (Wildman–Crippen MR) is 68.7 cm³/mol. The SMILES string of the molecule is CCC(CC)N(C)c1cc(C(=O)O)cc(C)n1. The highest BCUT2D eigenvalue weighted by Gasteiger charge is 2.15. The van der Waals surface area contributed by atoms with Gasteiger partial charge in [-0.3, -0.25) is 0 Å². The highest BCUT2D eigenvalue weighted by molar-refractivity contribution is 5.88. The van der Waals surface area contributed by atoms with Crippen molar-refractivity contribution in [3.05, 3.63) is 23.4 Å². The Hall–Kier alpha value is -1.58. The Morgan fingerprint density at radius 3 is 2.47 bits per heavy atom. The van der Waals surface area contributed by atoms with Crippen LogP contribution in [0.1, 0.15) is 42.7 Å². The van der Waals surface area contributed by atoms with Crippen molar-refractivity contribution in [3.8, 4) is 0 Å². The van der Waals surface area contributed by atoms with Crippen LogP contribution in [0.5, 0.6) is 0 Å². The number of aryl methyl sites for hydroxylation is 1. The zero-order chi connectivity index (χ0) is 13.0. The molecule has 0 unspecified atom stereocenters. The minimum atomic E-state index is -0.908. The van der Waals surface area contributed by atoms with Gasteiger partial charge in [0.05, 0.1) is 5.56 Å². The van der Waals surface area contributed by atoms with Crippen molar-refractivity contribution in [2.75, 3.05) is 11.9 Å². The van der Waals surface area contributed by atoms with Crippen LogP contribution in [0.4, 0.5) is 5.82 Å². The molecular weight excluding hydrogens is 216 g/mol. The van der Waals surface area contributed by atoms with Crippen LogP contribution in [0.2, 0.25) is 0 Å². The van der Waals surface area contributed by atoms with E-state index in [9.17, 15) is 4.79 Å². The molecule has 0 amide bonds. The van der Waals surface area contributed by atoms with Gasteiger partial charge in [-0.15, -0.1) is 0 Å². The number of aromatic nitrogens is 1. The zero-order valence-corrected chi connectivity index (χ0v) is 10.9. The minimum absolute atomic E-state index is 0.297. The van der Waals surface area contributed by atoms with E-state index in [1.165, 1.54) is 0 Å². The Balaban J connectivity index is 3.08. The van der Waals surface area contributed by atoms with Gasteiger partial charge in [0.25, 0.3) is 0 Å². The number of aromatic carboxylic acids is 1. The van der Waals surface area contributed by atoms with Crippen molar-refractivity contribution in [3.63, 3.8) is 0 Å². The van der Waals surface area contributed by atoms with Crippen LogP contribution in [-0.2, 0) is 0 Å². The number of nitrogens with zero attached hydrogens (tertiary/aromatic N) is 2. The van der Waals surface area contributed by atoms with E-state index in [-0.39, 0.29) is 0 Å². The molecule has 0 bridgehead atoms. The first-order chi connectivity index (χ1) is 7.99. The summed E-state index contributed by atoms with van der Waals surface area (Å²) in [6, 6.07) is 3.62. The molecule has 0 radical (unpaired) electrons.